The number of amides is 1. The maximum Gasteiger partial charge on any atom is 0.223 e. The lowest BCUT2D eigenvalue weighted by molar-refractivity contribution is -0.125. The van der Waals surface area contributed by atoms with Crippen molar-refractivity contribution in [2.45, 2.75) is 32.7 Å². The van der Waals surface area contributed by atoms with Crippen molar-refractivity contribution in [1.29, 1.82) is 0 Å². The molecule has 23 heavy (non-hydrogen) atoms. The van der Waals surface area contributed by atoms with Crippen LogP contribution in [0.15, 0.2) is 24.3 Å². The fraction of sp³-hybridized carbons (Fsp3) is 0.529. The van der Waals surface area contributed by atoms with Crippen molar-refractivity contribution in [2.24, 2.45) is 5.92 Å². The molecular formula is C17H25ClN4O. The molecule has 1 aromatic heterocycles. The van der Waals surface area contributed by atoms with Crippen LogP contribution in [0.5, 0.6) is 0 Å². The minimum absolute atomic E-state index is 0. The van der Waals surface area contributed by atoms with Crippen LogP contribution >= 0.6 is 12.4 Å². The number of halogens is 1. The Labute approximate surface area is 143 Å². The van der Waals surface area contributed by atoms with Crippen LogP contribution in [0.4, 0.5) is 0 Å². The molecule has 0 bridgehead atoms. The molecule has 0 radical (unpaired) electrons. The van der Waals surface area contributed by atoms with Crippen molar-refractivity contribution in [1.82, 2.24) is 20.2 Å². The van der Waals surface area contributed by atoms with E-state index in [0.717, 1.165) is 50.2 Å². The summed E-state index contributed by atoms with van der Waals surface area (Å²) in [7, 11) is 0. The number of imidazole rings is 1. The third-order valence-corrected chi connectivity index (χ3v) is 4.41. The van der Waals surface area contributed by atoms with Gasteiger partial charge in [0.1, 0.15) is 5.82 Å². The van der Waals surface area contributed by atoms with E-state index >= 15 is 0 Å². The summed E-state index contributed by atoms with van der Waals surface area (Å²) in [6.45, 7) is 5.59. The number of aryl methyl sites for hydroxylation is 1. The van der Waals surface area contributed by atoms with Gasteiger partial charge in [0, 0.05) is 25.4 Å². The molecule has 0 saturated carbocycles. The summed E-state index contributed by atoms with van der Waals surface area (Å²) in [6.07, 6.45) is 2.66. The highest BCUT2D eigenvalue weighted by Crippen LogP contribution is 2.16. The molecule has 126 valence electrons. The summed E-state index contributed by atoms with van der Waals surface area (Å²) in [4.78, 5) is 16.8. The van der Waals surface area contributed by atoms with Gasteiger partial charge in [-0.15, -0.1) is 12.4 Å². The predicted octanol–water partition coefficient (Wildman–Crippen LogP) is 2.14. The Bertz CT molecular complexity index is 649. The molecule has 0 atom stereocenters. The van der Waals surface area contributed by atoms with Gasteiger partial charge in [-0.25, -0.2) is 4.98 Å². The van der Waals surface area contributed by atoms with Gasteiger partial charge in [-0.05, 0) is 45.0 Å². The summed E-state index contributed by atoms with van der Waals surface area (Å²) in [5.74, 6) is 1.42. The second-order valence-electron chi connectivity index (χ2n) is 5.83. The van der Waals surface area contributed by atoms with Crippen LogP contribution in [0.1, 0.15) is 25.6 Å². The zero-order valence-electron chi connectivity index (χ0n) is 13.5. The lowest BCUT2D eigenvalue weighted by atomic mass is 9.97. The van der Waals surface area contributed by atoms with Crippen LogP contribution < -0.4 is 10.6 Å². The summed E-state index contributed by atoms with van der Waals surface area (Å²) < 4.78 is 2.23. The first-order valence-electron chi connectivity index (χ1n) is 8.22. The molecule has 0 spiro atoms. The van der Waals surface area contributed by atoms with Gasteiger partial charge in [-0.1, -0.05) is 12.1 Å². The van der Waals surface area contributed by atoms with Crippen molar-refractivity contribution in [3.05, 3.63) is 30.1 Å². The van der Waals surface area contributed by atoms with E-state index in [2.05, 4.69) is 28.2 Å². The van der Waals surface area contributed by atoms with Gasteiger partial charge in [0.25, 0.3) is 0 Å². The highest BCUT2D eigenvalue weighted by Gasteiger charge is 2.20. The monoisotopic (exact) mass is 336 g/mol. The third kappa shape index (κ3) is 4.03. The Kier molecular flexibility index (Phi) is 6.42. The zero-order valence-corrected chi connectivity index (χ0v) is 14.4. The van der Waals surface area contributed by atoms with E-state index in [1.54, 1.807) is 0 Å². The smallest absolute Gasteiger partial charge is 0.223 e. The fourth-order valence-electron chi connectivity index (χ4n) is 3.20. The topological polar surface area (TPSA) is 59.0 Å². The quantitative estimate of drug-likeness (QED) is 0.879. The number of carbonyl (C=O) groups is 1. The summed E-state index contributed by atoms with van der Waals surface area (Å²) in [5.41, 5.74) is 2.20. The number of nitrogens with one attached hydrogen (secondary N) is 2. The number of aromatic nitrogens is 2. The van der Waals surface area contributed by atoms with E-state index < -0.39 is 0 Å². The van der Waals surface area contributed by atoms with Gasteiger partial charge < -0.3 is 15.2 Å². The molecule has 0 unspecified atom stereocenters. The van der Waals surface area contributed by atoms with E-state index in [0.29, 0.717) is 6.54 Å². The fourth-order valence-corrected chi connectivity index (χ4v) is 3.20. The molecule has 1 amide bonds. The second-order valence-corrected chi connectivity index (χ2v) is 5.83. The SMILES string of the molecule is CCn1c(CCNC(=O)C2CCNCC2)nc2ccccc21.Cl. The average Bonchev–Trinajstić information content (AvgIpc) is 2.93. The molecule has 5 nitrogen and oxygen atoms in total. The number of hydrogen-bond donors (Lipinski definition) is 2. The highest BCUT2D eigenvalue weighted by molar-refractivity contribution is 5.85. The molecule has 2 N–H and O–H groups in total. The Balaban J connectivity index is 0.00000192. The standard InChI is InChI=1S/C17H24N4O.ClH/c1-2-21-15-6-4-3-5-14(15)20-16(21)9-12-19-17(22)13-7-10-18-11-8-13;/h3-6,13,18H,2,7-12H2,1H3,(H,19,22);1H. The van der Waals surface area contributed by atoms with E-state index in [4.69, 9.17) is 4.98 Å². The molecule has 1 saturated heterocycles. The molecule has 1 aliphatic heterocycles. The summed E-state index contributed by atoms with van der Waals surface area (Å²) in [6, 6.07) is 8.19. The molecule has 1 fully saturated rings. The maximum atomic E-state index is 12.1. The first kappa shape index (κ1) is 17.8. The average molecular weight is 337 g/mol. The van der Waals surface area contributed by atoms with Gasteiger partial charge in [0.05, 0.1) is 11.0 Å². The van der Waals surface area contributed by atoms with Gasteiger partial charge >= 0.3 is 0 Å². The molecule has 1 aromatic carbocycles. The zero-order chi connectivity index (χ0) is 15.4. The van der Waals surface area contributed by atoms with E-state index in [1.807, 2.05) is 18.2 Å². The first-order valence-corrected chi connectivity index (χ1v) is 8.22. The van der Waals surface area contributed by atoms with Crippen molar-refractivity contribution >= 4 is 29.3 Å². The van der Waals surface area contributed by atoms with Crippen LogP contribution in [-0.2, 0) is 17.8 Å². The summed E-state index contributed by atoms with van der Waals surface area (Å²) >= 11 is 0. The van der Waals surface area contributed by atoms with Crippen LogP contribution in [0.25, 0.3) is 11.0 Å². The molecule has 2 heterocycles. The van der Waals surface area contributed by atoms with E-state index in [1.165, 1.54) is 5.52 Å². The van der Waals surface area contributed by atoms with Gasteiger partial charge in [0.2, 0.25) is 5.91 Å². The predicted molar refractivity (Wildman–Crippen MR) is 95.0 cm³/mol. The van der Waals surface area contributed by atoms with Crippen molar-refractivity contribution in [2.75, 3.05) is 19.6 Å². The lowest BCUT2D eigenvalue weighted by Crippen LogP contribution is -2.38. The van der Waals surface area contributed by atoms with Crippen LogP contribution in [0.2, 0.25) is 0 Å². The van der Waals surface area contributed by atoms with Crippen LogP contribution in [-0.4, -0.2) is 35.1 Å². The Morgan fingerprint density at radius 3 is 2.83 bits per heavy atom. The molecule has 1 aliphatic rings. The normalized spacial score (nSPS) is 15.3. The molecular weight excluding hydrogens is 312 g/mol. The minimum atomic E-state index is 0. The van der Waals surface area contributed by atoms with Gasteiger partial charge in [-0.3, -0.25) is 4.79 Å². The van der Waals surface area contributed by atoms with Crippen molar-refractivity contribution < 1.29 is 4.79 Å². The van der Waals surface area contributed by atoms with E-state index in [9.17, 15) is 4.79 Å². The Hall–Kier alpha value is -1.59. The molecule has 0 aliphatic carbocycles. The Morgan fingerprint density at radius 2 is 2.09 bits per heavy atom. The number of rotatable bonds is 5. The van der Waals surface area contributed by atoms with Crippen molar-refractivity contribution in [3.63, 3.8) is 0 Å². The number of benzene rings is 1. The van der Waals surface area contributed by atoms with Crippen LogP contribution in [0, 0.1) is 5.92 Å². The number of para-hydroxylation sites is 2. The van der Waals surface area contributed by atoms with Crippen molar-refractivity contribution in [3.8, 4) is 0 Å². The van der Waals surface area contributed by atoms with E-state index in [-0.39, 0.29) is 24.2 Å². The highest BCUT2D eigenvalue weighted by atomic mass is 35.5. The molecule has 3 rings (SSSR count). The third-order valence-electron chi connectivity index (χ3n) is 4.41. The van der Waals surface area contributed by atoms with Gasteiger partial charge in [0.15, 0.2) is 0 Å². The Morgan fingerprint density at radius 1 is 1.35 bits per heavy atom. The number of nitrogens with zero attached hydrogens (tertiary/aromatic N) is 2. The minimum Gasteiger partial charge on any atom is -0.355 e. The van der Waals surface area contributed by atoms with Crippen LogP contribution in [0.3, 0.4) is 0 Å². The second kappa shape index (κ2) is 8.31. The summed E-state index contributed by atoms with van der Waals surface area (Å²) in [5, 5.41) is 6.36. The molecule has 6 heteroatoms. The lowest BCUT2D eigenvalue weighted by Gasteiger charge is -2.21. The number of carbonyl (C=O) groups excluding carboxylic acids is 1. The number of piperidine rings is 1. The maximum absolute atomic E-state index is 12.1. The number of hydrogen-bond acceptors (Lipinski definition) is 3. The molecule has 2 aromatic rings. The largest absolute Gasteiger partial charge is 0.355 e. The van der Waals surface area contributed by atoms with Gasteiger partial charge in [-0.2, -0.15) is 0 Å². The first-order chi connectivity index (χ1) is 10.8. The number of fused-ring (bicyclic) bond motifs is 1.